The van der Waals surface area contributed by atoms with Crippen LogP contribution in [0, 0.1) is 0 Å². The summed E-state index contributed by atoms with van der Waals surface area (Å²) in [6, 6.07) is 16.8. The summed E-state index contributed by atoms with van der Waals surface area (Å²) >= 11 is 0. The molecule has 3 heteroatoms. The molecule has 0 atom stereocenters. The number of aromatic nitrogens is 1. The van der Waals surface area contributed by atoms with Crippen molar-refractivity contribution in [3.63, 3.8) is 0 Å². The van der Waals surface area contributed by atoms with Crippen molar-refractivity contribution in [2.45, 2.75) is 25.4 Å². The quantitative estimate of drug-likeness (QED) is 0.778. The molecular formula is C19H18N2O. The van der Waals surface area contributed by atoms with Crippen LogP contribution in [-0.2, 0) is 19.4 Å². The van der Waals surface area contributed by atoms with E-state index in [-0.39, 0.29) is 5.75 Å². The Labute approximate surface area is 129 Å². The van der Waals surface area contributed by atoms with Crippen LogP contribution in [0.1, 0.15) is 16.7 Å². The van der Waals surface area contributed by atoms with Gasteiger partial charge in [-0.1, -0.05) is 36.4 Å². The molecular weight excluding hydrogens is 272 g/mol. The molecule has 0 aliphatic heterocycles. The average Bonchev–Trinajstić information content (AvgIpc) is 2.97. The summed E-state index contributed by atoms with van der Waals surface area (Å²) in [5.74, 6) is 0.243. The van der Waals surface area contributed by atoms with Gasteiger partial charge < -0.3 is 10.4 Å². The summed E-state index contributed by atoms with van der Waals surface area (Å²) < 4.78 is 0. The SMILES string of the molecule is Oc1ccc(CNC2Cc3ccccc3C2)c2cccnc12. The van der Waals surface area contributed by atoms with Crippen LogP contribution in [-0.4, -0.2) is 16.1 Å². The van der Waals surface area contributed by atoms with Gasteiger partial charge in [-0.3, -0.25) is 4.98 Å². The highest BCUT2D eigenvalue weighted by molar-refractivity contribution is 5.87. The Morgan fingerprint density at radius 1 is 1.00 bits per heavy atom. The first kappa shape index (κ1) is 13.3. The number of aromatic hydroxyl groups is 1. The normalized spacial score (nSPS) is 14.4. The fourth-order valence-electron chi connectivity index (χ4n) is 3.33. The number of nitrogens with one attached hydrogen (secondary N) is 1. The summed E-state index contributed by atoms with van der Waals surface area (Å²) in [6.45, 7) is 0.793. The van der Waals surface area contributed by atoms with Gasteiger partial charge in [-0.15, -0.1) is 0 Å². The molecule has 3 nitrogen and oxygen atoms in total. The molecule has 0 fully saturated rings. The highest BCUT2D eigenvalue weighted by Crippen LogP contribution is 2.26. The first-order valence-electron chi connectivity index (χ1n) is 7.67. The fourth-order valence-corrected chi connectivity index (χ4v) is 3.33. The van der Waals surface area contributed by atoms with E-state index in [9.17, 15) is 5.11 Å². The zero-order chi connectivity index (χ0) is 14.9. The minimum atomic E-state index is 0.243. The fraction of sp³-hybridized carbons (Fsp3) is 0.211. The summed E-state index contributed by atoms with van der Waals surface area (Å²) in [5.41, 5.74) is 4.77. The van der Waals surface area contributed by atoms with Crippen molar-refractivity contribution in [2.75, 3.05) is 0 Å². The highest BCUT2D eigenvalue weighted by atomic mass is 16.3. The predicted molar refractivity (Wildman–Crippen MR) is 87.9 cm³/mol. The topological polar surface area (TPSA) is 45.1 Å². The van der Waals surface area contributed by atoms with E-state index in [2.05, 4.69) is 34.6 Å². The van der Waals surface area contributed by atoms with E-state index in [1.165, 1.54) is 16.7 Å². The molecule has 0 amide bonds. The maximum atomic E-state index is 9.91. The smallest absolute Gasteiger partial charge is 0.141 e. The second kappa shape index (κ2) is 5.43. The largest absolute Gasteiger partial charge is 0.506 e. The predicted octanol–water partition coefficient (Wildman–Crippen LogP) is 3.20. The molecule has 0 saturated carbocycles. The van der Waals surface area contributed by atoms with Crippen molar-refractivity contribution in [1.29, 1.82) is 0 Å². The number of hydrogen-bond donors (Lipinski definition) is 2. The van der Waals surface area contributed by atoms with Gasteiger partial charge in [0.2, 0.25) is 0 Å². The Morgan fingerprint density at radius 3 is 2.55 bits per heavy atom. The van der Waals surface area contributed by atoms with Crippen molar-refractivity contribution in [2.24, 2.45) is 0 Å². The summed E-state index contributed by atoms with van der Waals surface area (Å²) in [4.78, 5) is 4.28. The lowest BCUT2D eigenvalue weighted by Gasteiger charge is -2.13. The van der Waals surface area contributed by atoms with Crippen LogP contribution in [0.15, 0.2) is 54.7 Å². The van der Waals surface area contributed by atoms with Gasteiger partial charge in [-0.05, 0) is 41.7 Å². The average molecular weight is 290 g/mol. The van der Waals surface area contributed by atoms with Gasteiger partial charge in [0.05, 0.1) is 0 Å². The maximum absolute atomic E-state index is 9.91. The molecule has 1 aliphatic carbocycles. The molecule has 3 aromatic rings. The zero-order valence-electron chi connectivity index (χ0n) is 12.3. The summed E-state index contributed by atoms with van der Waals surface area (Å²) in [5, 5.41) is 14.6. The lowest BCUT2D eigenvalue weighted by atomic mass is 10.1. The van der Waals surface area contributed by atoms with Gasteiger partial charge in [0.25, 0.3) is 0 Å². The lowest BCUT2D eigenvalue weighted by Crippen LogP contribution is -2.29. The molecule has 1 aliphatic rings. The van der Waals surface area contributed by atoms with Crippen molar-refractivity contribution in [1.82, 2.24) is 10.3 Å². The van der Waals surface area contributed by atoms with Crippen LogP contribution < -0.4 is 5.32 Å². The molecule has 1 aromatic heterocycles. The third-order valence-electron chi connectivity index (χ3n) is 4.47. The van der Waals surface area contributed by atoms with Crippen LogP contribution in [0.4, 0.5) is 0 Å². The van der Waals surface area contributed by atoms with Gasteiger partial charge in [-0.25, -0.2) is 0 Å². The molecule has 0 radical (unpaired) electrons. The number of phenolic OH excluding ortho intramolecular Hbond substituents is 1. The number of pyridine rings is 1. The van der Waals surface area contributed by atoms with Crippen LogP contribution in [0.5, 0.6) is 5.75 Å². The van der Waals surface area contributed by atoms with Crippen molar-refractivity contribution < 1.29 is 5.11 Å². The Balaban J connectivity index is 1.53. The van der Waals surface area contributed by atoms with Crippen LogP contribution in [0.25, 0.3) is 10.9 Å². The van der Waals surface area contributed by atoms with E-state index in [1.54, 1.807) is 12.3 Å². The molecule has 0 saturated heterocycles. The second-order valence-electron chi connectivity index (χ2n) is 5.90. The van der Waals surface area contributed by atoms with E-state index < -0.39 is 0 Å². The molecule has 0 bridgehead atoms. The van der Waals surface area contributed by atoms with Crippen LogP contribution >= 0.6 is 0 Å². The number of benzene rings is 2. The molecule has 0 spiro atoms. The molecule has 0 unspecified atom stereocenters. The molecule has 2 N–H and O–H groups in total. The molecule has 22 heavy (non-hydrogen) atoms. The number of fused-ring (bicyclic) bond motifs is 2. The Bertz CT molecular complexity index is 804. The van der Waals surface area contributed by atoms with E-state index >= 15 is 0 Å². The highest BCUT2D eigenvalue weighted by Gasteiger charge is 2.20. The van der Waals surface area contributed by atoms with E-state index in [1.807, 2.05) is 18.2 Å². The van der Waals surface area contributed by atoms with Crippen LogP contribution in [0.3, 0.4) is 0 Å². The minimum Gasteiger partial charge on any atom is -0.506 e. The van der Waals surface area contributed by atoms with E-state index in [0.717, 1.165) is 24.8 Å². The molecule has 2 aromatic carbocycles. The number of phenols is 1. The molecule has 1 heterocycles. The van der Waals surface area contributed by atoms with Gasteiger partial charge in [-0.2, -0.15) is 0 Å². The van der Waals surface area contributed by atoms with Crippen LogP contribution in [0.2, 0.25) is 0 Å². The third-order valence-corrected chi connectivity index (χ3v) is 4.47. The Kier molecular flexibility index (Phi) is 3.28. The minimum absolute atomic E-state index is 0.243. The standard InChI is InChI=1S/C19H18N2O/c22-18-8-7-15(17-6-3-9-20-19(17)18)12-21-16-10-13-4-1-2-5-14(13)11-16/h1-9,16,21-22H,10-12H2. The first-order valence-corrected chi connectivity index (χ1v) is 7.67. The van der Waals surface area contributed by atoms with E-state index in [0.29, 0.717) is 11.6 Å². The number of rotatable bonds is 3. The van der Waals surface area contributed by atoms with Gasteiger partial charge in [0.15, 0.2) is 0 Å². The second-order valence-corrected chi connectivity index (χ2v) is 5.90. The van der Waals surface area contributed by atoms with Gasteiger partial charge in [0, 0.05) is 24.2 Å². The number of hydrogen-bond acceptors (Lipinski definition) is 3. The van der Waals surface area contributed by atoms with Crippen molar-refractivity contribution in [3.05, 3.63) is 71.4 Å². The molecule has 4 rings (SSSR count). The summed E-state index contributed by atoms with van der Waals surface area (Å²) in [6.07, 6.45) is 3.89. The van der Waals surface area contributed by atoms with Gasteiger partial charge in [0.1, 0.15) is 11.3 Å². The van der Waals surface area contributed by atoms with Crippen molar-refractivity contribution in [3.8, 4) is 5.75 Å². The van der Waals surface area contributed by atoms with Gasteiger partial charge >= 0.3 is 0 Å². The maximum Gasteiger partial charge on any atom is 0.141 e. The third kappa shape index (κ3) is 2.34. The zero-order valence-corrected chi connectivity index (χ0v) is 12.3. The molecule has 110 valence electrons. The first-order chi connectivity index (χ1) is 10.8. The monoisotopic (exact) mass is 290 g/mol. The Morgan fingerprint density at radius 2 is 1.77 bits per heavy atom. The Hall–Kier alpha value is -2.39. The van der Waals surface area contributed by atoms with E-state index in [4.69, 9.17) is 0 Å². The lowest BCUT2D eigenvalue weighted by molar-refractivity contribution is 0.480. The summed E-state index contributed by atoms with van der Waals surface area (Å²) in [7, 11) is 0. The number of nitrogens with zero attached hydrogens (tertiary/aromatic N) is 1. The van der Waals surface area contributed by atoms with Crippen molar-refractivity contribution >= 4 is 10.9 Å².